The summed E-state index contributed by atoms with van der Waals surface area (Å²) in [4.78, 5) is -0.669. The quantitative estimate of drug-likeness (QED) is 0.928. The van der Waals surface area contributed by atoms with Gasteiger partial charge in [0.25, 0.3) is 0 Å². The van der Waals surface area contributed by atoms with Crippen molar-refractivity contribution in [1.82, 2.24) is 4.31 Å². The second kappa shape index (κ2) is 6.15. The van der Waals surface area contributed by atoms with Gasteiger partial charge in [-0.05, 0) is 31.0 Å². The molecule has 2 rings (SSSR count). The van der Waals surface area contributed by atoms with Crippen LogP contribution in [0.2, 0.25) is 0 Å². The van der Waals surface area contributed by atoms with Gasteiger partial charge in [-0.2, -0.15) is 4.31 Å². The van der Waals surface area contributed by atoms with Crippen LogP contribution in [-0.2, 0) is 10.0 Å². The Morgan fingerprint density at radius 1 is 1.25 bits per heavy atom. The topological polar surface area (TPSA) is 57.6 Å². The first kappa shape index (κ1) is 15.3. The van der Waals surface area contributed by atoms with E-state index in [0.717, 1.165) is 29.3 Å². The number of aliphatic hydroxyl groups is 1. The first-order valence-electron chi connectivity index (χ1n) is 6.54. The van der Waals surface area contributed by atoms with Crippen molar-refractivity contribution in [3.05, 3.63) is 29.8 Å². The summed E-state index contributed by atoms with van der Waals surface area (Å²) >= 11 is 0. The lowest BCUT2D eigenvalue weighted by Gasteiger charge is -2.27. The summed E-state index contributed by atoms with van der Waals surface area (Å²) < 4.78 is 53.0. The molecule has 0 spiro atoms. The van der Waals surface area contributed by atoms with Gasteiger partial charge >= 0.3 is 0 Å². The highest BCUT2D eigenvalue weighted by atomic mass is 32.2. The highest BCUT2D eigenvalue weighted by Crippen LogP contribution is 2.26. The van der Waals surface area contributed by atoms with Crippen molar-refractivity contribution in [2.45, 2.75) is 36.6 Å². The van der Waals surface area contributed by atoms with Crippen LogP contribution in [0.15, 0.2) is 23.1 Å². The molecule has 4 nitrogen and oxygen atoms in total. The summed E-state index contributed by atoms with van der Waals surface area (Å²) in [6.45, 7) is -0.111. The van der Waals surface area contributed by atoms with Gasteiger partial charge in [-0.1, -0.05) is 12.8 Å². The summed E-state index contributed by atoms with van der Waals surface area (Å²) in [6.07, 6.45) is 2.83. The van der Waals surface area contributed by atoms with Crippen LogP contribution in [0.4, 0.5) is 8.78 Å². The van der Waals surface area contributed by atoms with E-state index in [4.69, 9.17) is 0 Å². The fraction of sp³-hybridized carbons (Fsp3) is 0.538. The van der Waals surface area contributed by atoms with Crippen molar-refractivity contribution < 1.29 is 22.3 Å². The van der Waals surface area contributed by atoms with Gasteiger partial charge in [0.1, 0.15) is 16.5 Å². The molecule has 0 aromatic heterocycles. The van der Waals surface area contributed by atoms with E-state index < -0.39 is 32.6 Å². The van der Waals surface area contributed by atoms with Gasteiger partial charge in [0, 0.05) is 12.6 Å². The number of hydrogen-bond donors (Lipinski definition) is 1. The molecule has 1 atom stereocenters. The predicted octanol–water partition coefficient (Wildman–Crippen LogP) is 1.89. The molecule has 112 valence electrons. The Morgan fingerprint density at radius 3 is 2.70 bits per heavy atom. The van der Waals surface area contributed by atoms with Gasteiger partial charge in [0.2, 0.25) is 10.0 Å². The smallest absolute Gasteiger partial charge is 0.246 e. The fourth-order valence-corrected chi connectivity index (χ4v) is 4.21. The van der Waals surface area contributed by atoms with Crippen LogP contribution in [0.5, 0.6) is 0 Å². The Bertz CT molecular complexity index is 577. The van der Waals surface area contributed by atoms with E-state index in [2.05, 4.69) is 0 Å². The number of aliphatic hydroxyl groups excluding tert-OH is 1. The molecule has 1 N–H and O–H groups in total. The highest BCUT2D eigenvalue weighted by Gasteiger charge is 2.34. The second-order valence-corrected chi connectivity index (χ2v) is 6.74. The molecule has 20 heavy (non-hydrogen) atoms. The van der Waals surface area contributed by atoms with Crippen molar-refractivity contribution in [2.75, 3.05) is 13.2 Å². The van der Waals surface area contributed by atoms with Crippen molar-refractivity contribution in [3.8, 4) is 0 Å². The summed E-state index contributed by atoms with van der Waals surface area (Å²) in [5.74, 6) is -1.78. The molecule has 1 aromatic carbocycles. The number of rotatable bonds is 3. The third-order valence-corrected chi connectivity index (χ3v) is 5.48. The first-order valence-corrected chi connectivity index (χ1v) is 7.98. The fourth-order valence-electron chi connectivity index (χ4n) is 2.45. The third kappa shape index (κ3) is 2.99. The molecule has 1 unspecified atom stereocenters. The van der Waals surface area contributed by atoms with Crippen LogP contribution in [0.3, 0.4) is 0 Å². The summed E-state index contributed by atoms with van der Waals surface area (Å²) in [6, 6.07) is 1.78. The zero-order chi connectivity index (χ0) is 14.8. The number of nitrogens with zero attached hydrogens (tertiary/aromatic N) is 1. The maximum Gasteiger partial charge on any atom is 0.246 e. The zero-order valence-electron chi connectivity index (χ0n) is 10.9. The molecule has 7 heteroatoms. The third-order valence-electron chi connectivity index (χ3n) is 3.51. The van der Waals surface area contributed by atoms with Crippen LogP contribution in [-0.4, -0.2) is 37.0 Å². The van der Waals surface area contributed by atoms with Crippen molar-refractivity contribution >= 4 is 10.0 Å². The molecule has 1 aliphatic rings. The number of sulfonamides is 1. The van der Waals surface area contributed by atoms with E-state index in [0.29, 0.717) is 18.9 Å². The van der Waals surface area contributed by atoms with E-state index in [1.54, 1.807) is 0 Å². The minimum absolute atomic E-state index is 0.212. The lowest BCUT2D eigenvalue weighted by Crippen LogP contribution is -2.42. The van der Waals surface area contributed by atoms with Crippen LogP contribution in [0.1, 0.15) is 25.7 Å². The Balaban J connectivity index is 2.44. The van der Waals surface area contributed by atoms with Crippen molar-refractivity contribution in [3.63, 3.8) is 0 Å². The minimum atomic E-state index is -4.14. The monoisotopic (exact) mass is 305 g/mol. The summed E-state index contributed by atoms with van der Waals surface area (Å²) in [7, 11) is -4.14. The predicted molar refractivity (Wildman–Crippen MR) is 69.6 cm³/mol. The Morgan fingerprint density at radius 2 is 2.00 bits per heavy atom. The minimum Gasteiger partial charge on any atom is -0.395 e. The molecule has 0 aliphatic carbocycles. The van der Waals surface area contributed by atoms with Crippen molar-refractivity contribution in [2.24, 2.45) is 0 Å². The lowest BCUT2D eigenvalue weighted by atomic mass is 10.1. The van der Waals surface area contributed by atoms with Gasteiger partial charge in [-0.25, -0.2) is 17.2 Å². The molecular formula is C13H17F2NO3S. The first-order chi connectivity index (χ1) is 9.46. The molecule has 0 amide bonds. The number of benzene rings is 1. The lowest BCUT2D eigenvalue weighted by molar-refractivity contribution is 0.186. The summed E-state index contributed by atoms with van der Waals surface area (Å²) in [5.41, 5.74) is 0. The molecular weight excluding hydrogens is 288 g/mol. The molecule has 1 heterocycles. The SMILES string of the molecule is O=S(=O)(c1cc(F)ccc1F)N1CCCCCC1CO. The van der Waals surface area contributed by atoms with Crippen molar-refractivity contribution in [1.29, 1.82) is 0 Å². The standard InChI is InChI=1S/C13H17F2NO3S/c14-10-5-6-12(15)13(8-10)20(18,19)16-7-3-1-2-4-11(16)9-17/h5-6,8,11,17H,1-4,7,9H2. The molecule has 1 aliphatic heterocycles. The van der Waals surface area contributed by atoms with Gasteiger partial charge in [-0.15, -0.1) is 0 Å². The largest absolute Gasteiger partial charge is 0.395 e. The molecule has 1 aromatic rings. The van der Waals surface area contributed by atoms with Crippen LogP contribution < -0.4 is 0 Å². The van der Waals surface area contributed by atoms with Crippen LogP contribution in [0, 0.1) is 11.6 Å². The van der Waals surface area contributed by atoms with Gasteiger partial charge < -0.3 is 5.11 Å². The van der Waals surface area contributed by atoms with E-state index in [1.807, 2.05) is 0 Å². The van der Waals surface area contributed by atoms with Gasteiger partial charge in [-0.3, -0.25) is 0 Å². The molecule has 1 fully saturated rings. The Hall–Kier alpha value is -1.05. The Kier molecular flexibility index (Phi) is 4.72. The average Bonchev–Trinajstić information content (AvgIpc) is 2.66. The maximum atomic E-state index is 13.7. The van der Waals surface area contributed by atoms with E-state index >= 15 is 0 Å². The summed E-state index contributed by atoms with van der Waals surface area (Å²) in [5, 5.41) is 9.35. The molecule has 0 bridgehead atoms. The average molecular weight is 305 g/mol. The molecule has 0 saturated carbocycles. The normalized spacial score (nSPS) is 21.6. The van der Waals surface area contributed by atoms with E-state index in [1.165, 1.54) is 0 Å². The van der Waals surface area contributed by atoms with E-state index in [9.17, 15) is 22.3 Å². The zero-order valence-corrected chi connectivity index (χ0v) is 11.7. The highest BCUT2D eigenvalue weighted by molar-refractivity contribution is 7.89. The Labute approximate surface area is 117 Å². The van der Waals surface area contributed by atoms with Gasteiger partial charge in [0.15, 0.2) is 0 Å². The van der Waals surface area contributed by atoms with Crippen LogP contribution >= 0.6 is 0 Å². The van der Waals surface area contributed by atoms with E-state index in [-0.39, 0.29) is 13.2 Å². The molecule has 0 radical (unpaired) electrons. The number of halogens is 2. The number of hydrogen-bond acceptors (Lipinski definition) is 3. The molecule has 1 saturated heterocycles. The maximum absolute atomic E-state index is 13.7. The second-order valence-electron chi connectivity index (χ2n) is 4.88. The van der Waals surface area contributed by atoms with Crippen LogP contribution in [0.25, 0.3) is 0 Å². The van der Waals surface area contributed by atoms with Gasteiger partial charge in [0.05, 0.1) is 6.61 Å².